The van der Waals surface area contributed by atoms with Gasteiger partial charge >= 0.3 is 6.36 Å². The van der Waals surface area contributed by atoms with Crippen LogP contribution in [0, 0.1) is 6.92 Å². The van der Waals surface area contributed by atoms with Gasteiger partial charge in [-0.1, -0.05) is 30.3 Å². The predicted molar refractivity (Wildman–Crippen MR) is 147 cm³/mol. The number of piperidine rings is 1. The van der Waals surface area contributed by atoms with Crippen LogP contribution in [0.5, 0.6) is 5.75 Å². The van der Waals surface area contributed by atoms with Gasteiger partial charge in [0.1, 0.15) is 5.75 Å². The van der Waals surface area contributed by atoms with E-state index in [1.54, 1.807) is 19.2 Å². The Labute approximate surface area is 230 Å². The van der Waals surface area contributed by atoms with E-state index in [2.05, 4.69) is 14.6 Å². The highest BCUT2D eigenvalue weighted by Gasteiger charge is 2.31. The maximum absolute atomic E-state index is 12.6. The molecular formula is C31H29F3N4O2. The predicted octanol–water partition coefficient (Wildman–Crippen LogP) is 6.50. The fourth-order valence-corrected chi connectivity index (χ4v) is 5.41. The molecule has 0 saturated carbocycles. The van der Waals surface area contributed by atoms with Crippen LogP contribution in [0.3, 0.4) is 0 Å². The Morgan fingerprint density at radius 2 is 1.70 bits per heavy atom. The lowest BCUT2D eigenvalue weighted by Crippen LogP contribution is -2.34. The summed E-state index contributed by atoms with van der Waals surface area (Å²) in [5.74, 6) is -0.589. The van der Waals surface area contributed by atoms with Crippen molar-refractivity contribution in [3.8, 4) is 28.0 Å². The van der Waals surface area contributed by atoms with Crippen molar-refractivity contribution in [3.63, 3.8) is 0 Å². The highest BCUT2D eigenvalue weighted by Crippen LogP contribution is 2.35. The van der Waals surface area contributed by atoms with E-state index < -0.39 is 12.3 Å². The zero-order valence-electron chi connectivity index (χ0n) is 22.0. The molecule has 40 heavy (non-hydrogen) atoms. The molecule has 1 saturated heterocycles. The number of primary amides is 1. The average molecular weight is 547 g/mol. The number of benzene rings is 2. The van der Waals surface area contributed by atoms with Crippen LogP contribution in [0.4, 0.5) is 13.2 Å². The maximum atomic E-state index is 12.6. The maximum Gasteiger partial charge on any atom is 0.573 e. The largest absolute Gasteiger partial charge is 0.573 e. The van der Waals surface area contributed by atoms with Crippen molar-refractivity contribution >= 4 is 5.91 Å². The van der Waals surface area contributed by atoms with Crippen LogP contribution in [0.1, 0.15) is 45.9 Å². The molecule has 0 spiro atoms. The SMILES string of the molecule is Cc1c(-c2ccc(OC(F)(F)F)cc2)ccc(-c2ccc(C3CCCN(Cc4ccncc4)C3)nc2)c1C(N)=O. The molecule has 3 heterocycles. The number of likely N-dealkylation sites (tertiary alicyclic amines) is 1. The average Bonchev–Trinajstić information content (AvgIpc) is 2.93. The fourth-order valence-electron chi connectivity index (χ4n) is 5.41. The van der Waals surface area contributed by atoms with Crippen LogP contribution in [0.25, 0.3) is 22.3 Å². The number of alkyl halides is 3. The van der Waals surface area contributed by atoms with Crippen LogP contribution >= 0.6 is 0 Å². The number of nitrogens with two attached hydrogens (primary N) is 1. The molecule has 2 aromatic carbocycles. The van der Waals surface area contributed by atoms with Gasteiger partial charge in [0.25, 0.3) is 0 Å². The molecule has 5 rings (SSSR count). The Morgan fingerprint density at radius 3 is 2.35 bits per heavy atom. The van der Waals surface area contributed by atoms with Crippen LogP contribution in [0.15, 0.2) is 79.3 Å². The molecule has 1 unspecified atom stereocenters. The van der Waals surface area contributed by atoms with E-state index in [0.717, 1.165) is 43.7 Å². The number of aromatic nitrogens is 2. The number of nitrogens with zero attached hydrogens (tertiary/aromatic N) is 3. The van der Waals surface area contributed by atoms with Gasteiger partial charge in [-0.05, 0) is 84.5 Å². The van der Waals surface area contributed by atoms with Gasteiger partial charge in [0.15, 0.2) is 0 Å². The summed E-state index contributed by atoms with van der Waals surface area (Å²) < 4.78 is 41.5. The van der Waals surface area contributed by atoms with Crippen molar-refractivity contribution in [3.05, 3.63) is 102 Å². The zero-order chi connectivity index (χ0) is 28.3. The molecule has 1 aliphatic heterocycles. The summed E-state index contributed by atoms with van der Waals surface area (Å²) in [6.07, 6.45) is 2.80. The minimum atomic E-state index is -4.77. The number of carbonyl (C=O) groups is 1. The van der Waals surface area contributed by atoms with Crippen LogP contribution in [-0.2, 0) is 6.54 Å². The van der Waals surface area contributed by atoms with Gasteiger partial charge in [0.2, 0.25) is 5.91 Å². The fraction of sp³-hybridized carbons (Fsp3) is 0.258. The Bertz CT molecular complexity index is 1470. The number of halogens is 3. The van der Waals surface area contributed by atoms with Gasteiger partial charge < -0.3 is 10.5 Å². The quantitative estimate of drug-likeness (QED) is 0.286. The van der Waals surface area contributed by atoms with E-state index in [0.29, 0.717) is 33.7 Å². The first-order valence-electron chi connectivity index (χ1n) is 13.0. The molecule has 4 aromatic rings. The molecule has 2 aromatic heterocycles. The minimum Gasteiger partial charge on any atom is -0.406 e. The lowest BCUT2D eigenvalue weighted by Gasteiger charge is -2.32. The Kier molecular flexibility index (Phi) is 7.84. The molecule has 0 aliphatic carbocycles. The molecule has 206 valence electrons. The van der Waals surface area contributed by atoms with E-state index in [9.17, 15) is 18.0 Å². The number of hydrogen-bond donors (Lipinski definition) is 1. The number of hydrogen-bond acceptors (Lipinski definition) is 5. The molecule has 0 radical (unpaired) electrons. The van der Waals surface area contributed by atoms with Crippen molar-refractivity contribution in [2.75, 3.05) is 13.1 Å². The molecular weight excluding hydrogens is 517 g/mol. The van der Waals surface area contributed by atoms with Crippen LogP contribution in [0.2, 0.25) is 0 Å². The van der Waals surface area contributed by atoms with Crippen molar-refractivity contribution in [1.29, 1.82) is 0 Å². The molecule has 2 N–H and O–H groups in total. The third-order valence-corrected chi connectivity index (χ3v) is 7.29. The van der Waals surface area contributed by atoms with E-state index in [4.69, 9.17) is 10.7 Å². The highest BCUT2D eigenvalue weighted by atomic mass is 19.4. The van der Waals surface area contributed by atoms with Gasteiger partial charge in [-0.2, -0.15) is 0 Å². The summed E-state index contributed by atoms with van der Waals surface area (Å²) in [5.41, 5.74) is 11.8. The van der Waals surface area contributed by atoms with Gasteiger partial charge in [0.05, 0.1) is 5.56 Å². The number of carbonyl (C=O) groups excluding carboxylic acids is 1. The van der Waals surface area contributed by atoms with Crippen molar-refractivity contribution in [1.82, 2.24) is 14.9 Å². The summed E-state index contributed by atoms with van der Waals surface area (Å²) >= 11 is 0. The summed E-state index contributed by atoms with van der Waals surface area (Å²) in [6.45, 7) is 4.62. The van der Waals surface area contributed by atoms with E-state index in [1.165, 1.54) is 29.8 Å². The van der Waals surface area contributed by atoms with Crippen LogP contribution < -0.4 is 10.5 Å². The summed E-state index contributed by atoms with van der Waals surface area (Å²) in [7, 11) is 0. The molecule has 9 heteroatoms. The number of rotatable bonds is 7. The first-order chi connectivity index (χ1) is 19.2. The smallest absolute Gasteiger partial charge is 0.406 e. The molecule has 0 bridgehead atoms. The first kappa shape index (κ1) is 27.3. The van der Waals surface area contributed by atoms with Gasteiger partial charge in [-0.3, -0.25) is 19.7 Å². The van der Waals surface area contributed by atoms with E-state index in [1.807, 2.05) is 42.7 Å². The second-order valence-electron chi connectivity index (χ2n) is 10.00. The topological polar surface area (TPSA) is 81.3 Å². The normalized spacial score (nSPS) is 16.1. The van der Waals surface area contributed by atoms with E-state index in [-0.39, 0.29) is 5.75 Å². The van der Waals surface area contributed by atoms with Crippen molar-refractivity contribution in [2.24, 2.45) is 5.73 Å². The van der Waals surface area contributed by atoms with E-state index >= 15 is 0 Å². The third kappa shape index (κ3) is 6.31. The number of amides is 1. The van der Waals surface area contributed by atoms with Gasteiger partial charge in [-0.15, -0.1) is 13.2 Å². The second-order valence-corrected chi connectivity index (χ2v) is 10.00. The second kappa shape index (κ2) is 11.5. The third-order valence-electron chi connectivity index (χ3n) is 7.29. The first-order valence-corrected chi connectivity index (χ1v) is 13.0. The molecule has 1 atom stereocenters. The summed E-state index contributed by atoms with van der Waals surface area (Å²) in [4.78, 5) is 23.9. The van der Waals surface area contributed by atoms with Crippen molar-refractivity contribution in [2.45, 2.75) is 38.6 Å². The lowest BCUT2D eigenvalue weighted by atomic mass is 9.89. The van der Waals surface area contributed by atoms with Crippen LogP contribution in [-0.4, -0.2) is 40.2 Å². The Hall–Kier alpha value is -4.24. The molecule has 6 nitrogen and oxygen atoms in total. The standard InChI is InChI=1S/C31H29F3N4O2/c1-20-26(22-4-7-25(8-5-22)40-31(32,33)34)9-10-27(29(20)30(35)39)23-6-11-28(37-17-23)24-3-2-16-38(19-24)18-21-12-14-36-15-13-21/h4-15,17,24H,2-3,16,18-19H2,1H3,(H2,35,39). The molecule has 1 amide bonds. The number of pyridine rings is 2. The summed E-state index contributed by atoms with van der Waals surface area (Å²) in [5, 5.41) is 0. The Balaban J connectivity index is 1.36. The monoisotopic (exact) mass is 546 g/mol. The van der Waals surface area contributed by atoms with Gasteiger partial charge in [-0.25, -0.2) is 0 Å². The van der Waals surface area contributed by atoms with Gasteiger partial charge in [0, 0.05) is 48.9 Å². The minimum absolute atomic E-state index is 0.314. The lowest BCUT2D eigenvalue weighted by molar-refractivity contribution is -0.274. The van der Waals surface area contributed by atoms with Crippen molar-refractivity contribution < 1.29 is 22.7 Å². The summed E-state index contributed by atoms with van der Waals surface area (Å²) in [6, 6.07) is 17.2. The molecule has 1 aliphatic rings. The highest BCUT2D eigenvalue weighted by molar-refractivity contribution is 6.03. The Morgan fingerprint density at radius 1 is 1.00 bits per heavy atom. The zero-order valence-corrected chi connectivity index (χ0v) is 22.0. The molecule has 1 fully saturated rings. The number of ether oxygens (including phenoxy) is 1.